The van der Waals surface area contributed by atoms with Gasteiger partial charge in [-0.25, -0.2) is 0 Å². The van der Waals surface area contributed by atoms with E-state index in [1.54, 1.807) is 0 Å². The van der Waals surface area contributed by atoms with Crippen LogP contribution < -0.4 is 5.73 Å². The van der Waals surface area contributed by atoms with Gasteiger partial charge in [-0.1, -0.05) is 13.8 Å². The van der Waals surface area contributed by atoms with Gasteiger partial charge in [-0.05, 0) is 33.4 Å². The van der Waals surface area contributed by atoms with Gasteiger partial charge < -0.3 is 15.5 Å². The number of hydrogen-bond acceptors (Lipinski definition) is 3. The van der Waals surface area contributed by atoms with E-state index >= 15 is 0 Å². The molecule has 0 saturated carbocycles. The highest BCUT2D eigenvalue weighted by atomic mass is 16.2. The summed E-state index contributed by atoms with van der Waals surface area (Å²) in [5.74, 6) is 0.148. The lowest BCUT2D eigenvalue weighted by molar-refractivity contribution is -0.137. The Hall–Kier alpha value is -0.610. The molecule has 0 aromatic carbocycles. The van der Waals surface area contributed by atoms with Gasteiger partial charge >= 0.3 is 0 Å². The van der Waals surface area contributed by atoms with Crippen molar-refractivity contribution in [3.63, 3.8) is 0 Å². The van der Waals surface area contributed by atoms with Crippen molar-refractivity contribution in [2.24, 2.45) is 11.7 Å². The van der Waals surface area contributed by atoms with Crippen LogP contribution in [0.15, 0.2) is 0 Å². The Morgan fingerprint density at radius 2 is 2.06 bits per heavy atom. The molecule has 0 spiro atoms. The van der Waals surface area contributed by atoms with Crippen LogP contribution in [0.5, 0.6) is 0 Å². The number of rotatable bonds is 3. The fourth-order valence-corrected chi connectivity index (χ4v) is 2.37. The standard InChI is InChI=1S/C13H27N3O/c1-5-12-9-15(4)7-6-8-16(12)13(17)10(2)11(3)14/h10-12H,5-9,14H2,1-4H3. The van der Waals surface area contributed by atoms with Gasteiger partial charge in [-0.3, -0.25) is 4.79 Å². The molecule has 3 atom stereocenters. The lowest BCUT2D eigenvalue weighted by atomic mass is 10.0. The Morgan fingerprint density at radius 3 is 2.59 bits per heavy atom. The molecule has 3 unspecified atom stereocenters. The number of carbonyl (C=O) groups is 1. The van der Waals surface area contributed by atoms with E-state index in [1.807, 2.05) is 13.8 Å². The van der Waals surface area contributed by atoms with Gasteiger partial charge in [0, 0.05) is 25.2 Å². The van der Waals surface area contributed by atoms with Crippen molar-refractivity contribution >= 4 is 5.91 Å². The molecular weight excluding hydrogens is 214 g/mol. The Kier molecular flexibility index (Phi) is 5.40. The Labute approximate surface area is 105 Å². The van der Waals surface area contributed by atoms with Crippen LogP contribution >= 0.6 is 0 Å². The number of carbonyl (C=O) groups excluding carboxylic acids is 1. The molecule has 0 radical (unpaired) electrons. The monoisotopic (exact) mass is 241 g/mol. The third kappa shape index (κ3) is 3.68. The Bertz CT molecular complexity index is 255. The third-order valence-corrected chi connectivity index (χ3v) is 3.83. The first-order valence-corrected chi connectivity index (χ1v) is 6.72. The summed E-state index contributed by atoms with van der Waals surface area (Å²) in [7, 11) is 2.13. The predicted octanol–water partition coefficient (Wildman–Crippen LogP) is 0.912. The average Bonchev–Trinajstić information content (AvgIpc) is 2.48. The fourth-order valence-electron chi connectivity index (χ4n) is 2.37. The molecule has 17 heavy (non-hydrogen) atoms. The second-order valence-electron chi connectivity index (χ2n) is 5.36. The van der Waals surface area contributed by atoms with Crippen molar-refractivity contribution in [2.75, 3.05) is 26.7 Å². The van der Waals surface area contributed by atoms with Crippen molar-refractivity contribution in [3.05, 3.63) is 0 Å². The van der Waals surface area contributed by atoms with Crippen molar-refractivity contribution in [3.8, 4) is 0 Å². The minimum atomic E-state index is -0.0764. The molecule has 2 N–H and O–H groups in total. The van der Waals surface area contributed by atoms with E-state index in [0.29, 0.717) is 6.04 Å². The largest absolute Gasteiger partial charge is 0.338 e. The maximum atomic E-state index is 12.4. The summed E-state index contributed by atoms with van der Waals surface area (Å²) in [4.78, 5) is 16.8. The fraction of sp³-hybridized carbons (Fsp3) is 0.923. The molecule has 1 rings (SSSR count). The SMILES string of the molecule is CCC1CN(C)CCCN1C(=O)C(C)C(C)N. The van der Waals surface area contributed by atoms with E-state index in [1.165, 1.54) is 0 Å². The van der Waals surface area contributed by atoms with Crippen LogP contribution in [0.1, 0.15) is 33.6 Å². The zero-order valence-electron chi connectivity index (χ0n) is 11.6. The van der Waals surface area contributed by atoms with Gasteiger partial charge in [0.25, 0.3) is 0 Å². The Morgan fingerprint density at radius 1 is 1.41 bits per heavy atom. The Balaban J connectivity index is 2.74. The van der Waals surface area contributed by atoms with E-state index < -0.39 is 0 Å². The molecule has 1 amide bonds. The average molecular weight is 241 g/mol. The maximum Gasteiger partial charge on any atom is 0.227 e. The predicted molar refractivity (Wildman–Crippen MR) is 70.7 cm³/mol. The summed E-state index contributed by atoms with van der Waals surface area (Å²) in [6.45, 7) is 8.93. The molecule has 0 aromatic rings. The quantitative estimate of drug-likeness (QED) is 0.799. The minimum absolute atomic E-state index is 0.0685. The zero-order valence-corrected chi connectivity index (χ0v) is 11.6. The third-order valence-electron chi connectivity index (χ3n) is 3.83. The number of amides is 1. The summed E-state index contributed by atoms with van der Waals surface area (Å²) in [5.41, 5.74) is 5.84. The molecule has 0 aromatic heterocycles. The highest BCUT2D eigenvalue weighted by Gasteiger charge is 2.30. The van der Waals surface area contributed by atoms with E-state index in [-0.39, 0.29) is 17.9 Å². The minimum Gasteiger partial charge on any atom is -0.338 e. The number of likely N-dealkylation sites (N-methyl/N-ethyl adjacent to an activating group) is 1. The molecular formula is C13H27N3O. The number of hydrogen-bond donors (Lipinski definition) is 1. The molecule has 0 bridgehead atoms. The van der Waals surface area contributed by atoms with Gasteiger partial charge in [0.2, 0.25) is 5.91 Å². The maximum absolute atomic E-state index is 12.4. The summed E-state index contributed by atoms with van der Waals surface area (Å²) < 4.78 is 0. The van der Waals surface area contributed by atoms with Gasteiger partial charge in [-0.15, -0.1) is 0 Å². The van der Waals surface area contributed by atoms with Crippen molar-refractivity contribution in [2.45, 2.75) is 45.7 Å². The second-order valence-corrected chi connectivity index (χ2v) is 5.36. The van der Waals surface area contributed by atoms with Gasteiger partial charge in [-0.2, -0.15) is 0 Å². The number of nitrogens with zero attached hydrogens (tertiary/aromatic N) is 2. The second kappa shape index (κ2) is 6.36. The molecule has 100 valence electrons. The van der Waals surface area contributed by atoms with Crippen LogP contribution in [0, 0.1) is 5.92 Å². The zero-order chi connectivity index (χ0) is 13.0. The highest BCUT2D eigenvalue weighted by molar-refractivity contribution is 5.79. The van der Waals surface area contributed by atoms with E-state index in [4.69, 9.17) is 5.73 Å². The van der Waals surface area contributed by atoms with Gasteiger partial charge in [0.15, 0.2) is 0 Å². The summed E-state index contributed by atoms with van der Waals surface area (Å²) in [6.07, 6.45) is 2.08. The molecule has 1 saturated heterocycles. The molecule has 1 heterocycles. The lowest BCUT2D eigenvalue weighted by Gasteiger charge is -2.33. The van der Waals surface area contributed by atoms with Crippen LogP contribution in [-0.4, -0.2) is 54.5 Å². The topological polar surface area (TPSA) is 49.6 Å². The molecule has 0 aliphatic carbocycles. The molecule has 1 aliphatic rings. The summed E-state index contributed by atoms with van der Waals surface area (Å²) >= 11 is 0. The summed E-state index contributed by atoms with van der Waals surface area (Å²) in [6, 6.07) is 0.275. The van der Waals surface area contributed by atoms with Crippen LogP contribution in [0.3, 0.4) is 0 Å². The molecule has 1 aliphatic heterocycles. The van der Waals surface area contributed by atoms with Crippen molar-refractivity contribution in [1.82, 2.24) is 9.80 Å². The molecule has 4 nitrogen and oxygen atoms in total. The van der Waals surface area contributed by atoms with Crippen molar-refractivity contribution in [1.29, 1.82) is 0 Å². The van der Waals surface area contributed by atoms with Gasteiger partial charge in [0.05, 0.1) is 5.92 Å². The first kappa shape index (κ1) is 14.5. The smallest absolute Gasteiger partial charge is 0.227 e. The summed E-state index contributed by atoms with van der Waals surface area (Å²) in [5, 5.41) is 0. The van der Waals surface area contributed by atoms with E-state index in [0.717, 1.165) is 32.5 Å². The first-order chi connectivity index (χ1) is 7.97. The van der Waals surface area contributed by atoms with Crippen molar-refractivity contribution < 1.29 is 4.79 Å². The van der Waals surface area contributed by atoms with E-state index in [9.17, 15) is 4.79 Å². The van der Waals surface area contributed by atoms with Crippen LogP contribution in [-0.2, 0) is 4.79 Å². The molecule has 1 fully saturated rings. The first-order valence-electron chi connectivity index (χ1n) is 6.72. The van der Waals surface area contributed by atoms with Crippen LogP contribution in [0.2, 0.25) is 0 Å². The molecule has 4 heteroatoms. The normalized spacial score (nSPS) is 26.4. The number of nitrogens with two attached hydrogens (primary N) is 1. The van der Waals surface area contributed by atoms with E-state index in [2.05, 4.69) is 23.8 Å². The van der Waals surface area contributed by atoms with Gasteiger partial charge in [0.1, 0.15) is 0 Å². The highest BCUT2D eigenvalue weighted by Crippen LogP contribution is 2.16. The van der Waals surface area contributed by atoms with Crippen LogP contribution in [0.4, 0.5) is 0 Å². The lowest BCUT2D eigenvalue weighted by Crippen LogP contribution is -2.48. The van der Waals surface area contributed by atoms with Crippen LogP contribution in [0.25, 0.3) is 0 Å².